The molecule has 2 bridgehead atoms. The van der Waals surface area contributed by atoms with E-state index in [4.69, 9.17) is 18.9 Å². The van der Waals surface area contributed by atoms with E-state index in [0.717, 1.165) is 61.2 Å². The Balaban J connectivity index is 0.915. The van der Waals surface area contributed by atoms with Gasteiger partial charge in [-0.3, -0.25) is 24.2 Å². The van der Waals surface area contributed by atoms with Gasteiger partial charge in [0, 0.05) is 104 Å². The molecule has 13 atom stereocenters. The molecule has 1 spiro atoms. The predicted molar refractivity (Wildman–Crippen MR) is 296 cm³/mol. The van der Waals surface area contributed by atoms with E-state index in [9.17, 15) is 34.8 Å². The average molecular weight is 1080 g/mol. The zero-order valence-corrected chi connectivity index (χ0v) is 47.4. The van der Waals surface area contributed by atoms with Gasteiger partial charge < -0.3 is 54.6 Å². The monoisotopic (exact) mass is 1080 g/mol. The number of hydrogen-bond acceptors (Lipinski definition) is 15. The van der Waals surface area contributed by atoms with Gasteiger partial charge in [-0.2, -0.15) is 0 Å². The van der Waals surface area contributed by atoms with Gasteiger partial charge in [0.15, 0.2) is 17.7 Å². The number of H-pyrrole nitrogens is 1. The number of nitrogens with one attached hydrogen (secondary N) is 2. The number of unbranched alkanes of at least 4 members (excludes halogenated alkanes) is 1. The largest absolute Gasteiger partial charge is 0.464 e. The van der Waals surface area contributed by atoms with E-state index in [-0.39, 0.29) is 63.9 Å². The summed E-state index contributed by atoms with van der Waals surface area (Å²) in [5, 5.41) is 51.8. The van der Waals surface area contributed by atoms with Crippen molar-refractivity contribution >= 4 is 40.2 Å². The number of aliphatic hydroxyl groups is 4. The number of para-hydroxylation sites is 1. The minimum atomic E-state index is -2.17. The van der Waals surface area contributed by atoms with Crippen molar-refractivity contribution in [3.63, 3.8) is 0 Å². The SMILES string of the molecule is CCC(CO)OC(COC(=O)CCCC(=O)NC(C)C(=O)OCCCCC(=O)[C@]1(O)C2N(C)c3cc(C)c([C@@]4(C)CC5CN(CCc6c4[nH]c4ccccc64)CC(O)(CC)C5)cc3C23CCN2CC=C[C@](CC)(C23)[C@H]1O)OC. The Morgan fingerprint density at radius 2 is 1.73 bits per heavy atom. The van der Waals surface area contributed by atoms with Gasteiger partial charge in [0.2, 0.25) is 5.91 Å². The van der Waals surface area contributed by atoms with Crippen LogP contribution in [0.5, 0.6) is 0 Å². The number of esters is 2. The summed E-state index contributed by atoms with van der Waals surface area (Å²) in [5.74, 6) is -1.83. The molecule has 1 saturated carbocycles. The number of benzene rings is 2. The lowest BCUT2D eigenvalue weighted by Crippen LogP contribution is -2.80. The van der Waals surface area contributed by atoms with Crippen LogP contribution in [0.3, 0.4) is 0 Å². The molecule has 0 radical (unpaired) electrons. The van der Waals surface area contributed by atoms with Gasteiger partial charge in [0.25, 0.3) is 0 Å². The quantitative estimate of drug-likeness (QED) is 0.0310. The van der Waals surface area contributed by atoms with Crippen LogP contribution >= 0.6 is 0 Å². The minimum absolute atomic E-state index is 0.0183. The van der Waals surface area contributed by atoms with Crippen LogP contribution in [-0.4, -0.2) is 173 Å². The summed E-state index contributed by atoms with van der Waals surface area (Å²) in [4.78, 5) is 64.3. The second-order valence-corrected chi connectivity index (χ2v) is 24.1. The number of methoxy groups -OCH3 is 1. The molecule has 1 aromatic heterocycles. The van der Waals surface area contributed by atoms with Crippen LogP contribution in [-0.2, 0) is 55.4 Å². The molecule has 6 aliphatic rings. The third-order valence-corrected chi connectivity index (χ3v) is 19.3. The number of rotatable bonds is 22. The average Bonchev–Trinajstić information content (AvgIpc) is 3.45. The Hall–Kier alpha value is -4.72. The van der Waals surface area contributed by atoms with Crippen LogP contribution in [0.15, 0.2) is 48.6 Å². The first kappa shape index (κ1) is 58.0. The lowest BCUT2D eigenvalue weighted by atomic mass is 9.47. The van der Waals surface area contributed by atoms with Crippen LogP contribution in [0.1, 0.15) is 140 Å². The highest BCUT2D eigenvalue weighted by molar-refractivity contribution is 5.92. The van der Waals surface area contributed by atoms with Gasteiger partial charge in [-0.05, 0) is 132 Å². The molecule has 2 saturated heterocycles. The Bertz CT molecular complexity index is 2730. The highest BCUT2D eigenvalue weighted by Gasteiger charge is 2.78. The van der Waals surface area contributed by atoms with Crippen molar-refractivity contribution in [2.45, 2.75) is 184 Å². The first-order chi connectivity index (χ1) is 37.3. The lowest BCUT2D eigenvalue weighted by Gasteiger charge is -2.63. The zero-order valence-electron chi connectivity index (χ0n) is 47.4. The summed E-state index contributed by atoms with van der Waals surface area (Å²) in [6.07, 6.45) is 7.02. The van der Waals surface area contributed by atoms with Crippen LogP contribution in [0.2, 0.25) is 0 Å². The van der Waals surface area contributed by atoms with E-state index in [1.54, 1.807) is 0 Å². The van der Waals surface area contributed by atoms with Crippen molar-refractivity contribution in [1.82, 2.24) is 20.1 Å². The minimum Gasteiger partial charge on any atom is -0.464 e. The number of carbonyl (C=O) groups is 4. The molecule has 1 amide bonds. The van der Waals surface area contributed by atoms with Gasteiger partial charge >= 0.3 is 11.9 Å². The molecule has 3 fully saturated rings. The summed E-state index contributed by atoms with van der Waals surface area (Å²) in [6, 6.07) is 11.4. The summed E-state index contributed by atoms with van der Waals surface area (Å²) in [7, 11) is 3.39. The Kier molecular flexibility index (Phi) is 17.1. The predicted octanol–water partition coefficient (Wildman–Crippen LogP) is 5.65. The molecular formula is C61H87N5O12. The first-order valence-corrected chi connectivity index (χ1v) is 29.0. The maximum atomic E-state index is 15.2. The molecular weight excluding hydrogens is 995 g/mol. The number of aromatic amines is 1. The summed E-state index contributed by atoms with van der Waals surface area (Å²) in [5.41, 5.74) is 2.93. The van der Waals surface area contributed by atoms with Gasteiger partial charge in [0.05, 0.1) is 31.0 Å². The number of amides is 1. The number of carbonyl (C=O) groups excluding carboxylic acids is 4. The second kappa shape index (κ2) is 23.0. The highest BCUT2D eigenvalue weighted by Crippen LogP contribution is 2.67. The van der Waals surface area contributed by atoms with Gasteiger partial charge in [0.1, 0.15) is 18.8 Å². The number of aliphatic hydroxyl groups excluding tert-OH is 2. The fourth-order valence-corrected chi connectivity index (χ4v) is 15.6. The van der Waals surface area contributed by atoms with Crippen molar-refractivity contribution in [2.24, 2.45) is 11.3 Å². The van der Waals surface area contributed by atoms with E-state index in [1.165, 1.54) is 36.2 Å². The third kappa shape index (κ3) is 10.1. The van der Waals surface area contributed by atoms with Crippen LogP contribution in [0.25, 0.3) is 10.9 Å². The number of Topliss-reactive ketones (excluding diaryl/α,β-unsaturated/α-hetero) is 1. The van der Waals surface area contributed by atoms with E-state index < -0.39 is 81.7 Å². The van der Waals surface area contributed by atoms with Crippen molar-refractivity contribution in [1.29, 1.82) is 0 Å². The van der Waals surface area contributed by atoms with E-state index >= 15 is 4.79 Å². The normalized spacial score (nSPS) is 32.2. The summed E-state index contributed by atoms with van der Waals surface area (Å²) < 4.78 is 21.5. The fraction of sp³-hybridized carbons (Fsp3) is 0.672. The third-order valence-electron chi connectivity index (χ3n) is 19.3. The maximum Gasteiger partial charge on any atom is 0.328 e. The van der Waals surface area contributed by atoms with E-state index in [0.29, 0.717) is 45.2 Å². The molecule has 9 rings (SSSR count). The number of aryl methyl sites for hydroxylation is 1. The number of likely N-dealkylation sites (N-methyl/N-ethyl adjacent to an activating group) is 1. The molecule has 17 nitrogen and oxygen atoms in total. The molecule has 78 heavy (non-hydrogen) atoms. The van der Waals surface area contributed by atoms with Gasteiger partial charge in [-0.25, -0.2) is 4.79 Å². The molecule has 17 heteroatoms. The Labute approximate surface area is 460 Å². The second-order valence-electron chi connectivity index (χ2n) is 24.1. The summed E-state index contributed by atoms with van der Waals surface area (Å²) >= 11 is 0. The van der Waals surface area contributed by atoms with Crippen molar-refractivity contribution in [2.75, 3.05) is 71.6 Å². The Morgan fingerprint density at radius 1 is 0.949 bits per heavy atom. The number of hydrogen-bond donors (Lipinski definition) is 6. The fourth-order valence-electron chi connectivity index (χ4n) is 15.6. The standard InChI is InChI=1S/C61H87N5O12/c1-9-41(35-67)78-51(75-8)36-77-50(70)22-16-21-49(69)62-39(5)53(71)76-29-15-14-20-48(68)61(74)55-60(25-28-66-26-17-24-59(11-3,54(60)66)56(61)72)45-31-44(38(4)30-47(45)64(55)7)57(6)32-40-33-58(73,10-2)37-65(34-40)27-23-43-42-18-12-13-19-46(42)63-52(43)57/h12-13,17-19,24,30-31,39-41,51,54-56,63,67,72-74H,9-11,14-16,20-23,25-29,32-37H2,1-8H3,(H,62,69)/t39?,40?,41?,51?,54?,55?,56-,57-,58?,59-,60?,61+/m1/s1. The van der Waals surface area contributed by atoms with Crippen LogP contribution in [0, 0.1) is 18.3 Å². The van der Waals surface area contributed by atoms with E-state index in [1.807, 2.05) is 14.0 Å². The number of piperidine rings is 1. The topological polar surface area (TPSA) is 224 Å². The maximum absolute atomic E-state index is 15.2. The van der Waals surface area contributed by atoms with Crippen LogP contribution < -0.4 is 10.2 Å². The molecule has 9 unspecified atom stereocenters. The molecule has 5 aliphatic heterocycles. The highest BCUT2D eigenvalue weighted by atomic mass is 16.7. The lowest BCUT2D eigenvalue weighted by molar-refractivity contribution is -0.202. The smallest absolute Gasteiger partial charge is 0.328 e. The van der Waals surface area contributed by atoms with Gasteiger partial charge in [-0.1, -0.05) is 57.2 Å². The molecule has 6 heterocycles. The molecule has 3 aromatic rings. The van der Waals surface area contributed by atoms with Gasteiger partial charge in [-0.15, -0.1) is 0 Å². The number of ketones is 1. The molecule has 428 valence electrons. The Morgan fingerprint density at radius 3 is 2.46 bits per heavy atom. The number of aromatic nitrogens is 1. The summed E-state index contributed by atoms with van der Waals surface area (Å²) in [6.45, 7) is 15.6. The molecule has 1 aliphatic carbocycles. The first-order valence-electron chi connectivity index (χ1n) is 29.0. The van der Waals surface area contributed by atoms with Crippen molar-refractivity contribution in [3.05, 3.63) is 76.5 Å². The molecule has 6 N–H and O–H groups in total. The number of nitrogens with zero attached hydrogens (tertiary/aromatic N) is 3. The zero-order chi connectivity index (χ0) is 56.0. The number of fused-ring (bicyclic) bond motifs is 6. The van der Waals surface area contributed by atoms with Crippen LogP contribution in [0.4, 0.5) is 5.69 Å². The number of ether oxygens (including phenoxy) is 4. The van der Waals surface area contributed by atoms with Crippen molar-refractivity contribution < 1.29 is 58.6 Å². The van der Waals surface area contributed by atoms with Crippen molar-refractivity contribution in [3.8, 4) is 0 Å². The molecule has 2 aromatic carbocycles. The number of anilines is 1. The van der Waals surface area contributed by atoms with E-state index in [2.05, 4.69) is 101 Å².